The quantitative estimate of drug-likeness (QED) is 0.321. The number of nitrogens with zero attached hydrogens (tertiary/aromatic N) is 2. The molecule has 3 aromatic carbocycles. The highest BCUT2D eigenvalue weighted by molar-refractivity contribution is 7.92. The van der Waals surface area contributed by atoms with Gasteiger partial charge in [-0.05, 0) is 67.8 Å². The van der Waals surface area contributed by atoms with Crippen LogP contribution in [0.1, 0.15) is 31.9 Å². The number of benzene rings is 3. The van der Waals surface area contributed by atoms with E-state index in [1.165, 1.54) is 23.1 Å². The van der Waals surface area contributed by atoms with E-state index in [1.54, 1.807) is 62.6 Å². The second-order valence-electron chi connectivity index (χ2n) is 9.99. The van der Waals surface area contributed by atoms with Crippen LogP contribution in [0.25, 0.3) is 0 Å². The van der Waals surface area contributed by atoms with E-state index in [4.69, 9.17) is 16.3 Å². The predicted octanol–water partition coefficient (Wildman–Crippen LogP) is 5.04. The van der Waals surface area contributed by atoms with Gasteiger partial charge in [0.25, 0.3) is 10.0 Å². The number of hydrogen-bond acceptors (Lipinski definition) is 5. The Bertz CT molecular complexity index is 1430. The molecule has 0 saturated carbocycles. The fourth-order valence-electron chi connectivity index (χ4n) is 4.00. The highest BCUT2D eigenvalue weighted by Gasteiger charge is 2.32. The Kier molecular flexibility index (Phi) is 10.6. The van der Waals surface area contributed by atoms with Gasteiger partial charge in [0.15, 0.2) is 0 Å². The van der Waals surface area contributed by atoms with Gasteiger partial charge < -0.3 is 15.0 Å². The molecule has 2 amide bonds. The summed E-state index contributed by atoms with van der Waals surface area (Å²) in [5.41, 5.74) is 1.86. The first-order valence-electron chi connectivity index (χ1n) is 13.0. The van der Waals surface area contributed by atoms with E-state index in [-0.39, 0.29) is 29.0 Å². The van der Waals surface area contributed by atoms with E-state index in [0.29, 0.717) is 17.3 Å². The van der Waals surface area contributed by atoms with Gasteiger partial charge in [0.2, 0.25) is 11.8 Å². The molecule has 0 radical (unpaired) electrons. The zero-order valence-corrected chi connectivity index (χ0v) is 25.0. The molecule has 0 spiro atoms. The van der Waals surface area contributed by atoms with Crippen molar-refractivity contribution in [2.24, 2.45) is 5.92 Å². The molecule has 0 saturated heterocycles. The lowest BCUT2D eigenvalue weighted by atomic mass is 10.1. The highest BCUT2D eigenvalue weighted by atomic mass is 35.5. The van der Waals surface area contributed by atoms with Gasteiger partial charge in [0, 0.05) is 18.1 Å². The number of ether oxygens (including phenoxy) is 1. The van der Waals surface area contributed by atoms with E-state index in [1.807, 2.05) is 26.8 Å². The molecule has 10 heteroatoms. The van der Waals surface area contributed by atoms with Crippen molar-refractivity contribution in [3.63, 3.8) is 0 Å². The monoisotopic (exact) mass is 585 g/mol. The molecule has 0 bridgehead atoms. The Labute approximate surface area is 241 Å². The molecule has 8 nitrogen and oxygen atoms in total. The minimum absolute atomic E-state index is 0.0351. The smallest absolute Gasteiger partial charge is 0.264 e. The molecule has 1 atom stereocenters. The third-order valence-corrected chi connectivity index (χ3v) is 8.35. The number of hydrogen-bond donors (Lipinski definition) is 1. The van der Waals surface area contributed by atoms with E-state index >= 15 is 0 Å². The van der Waals surface area contributed by atoms with Crippen LogP contribution in [0.5, 0.6) is 5.75 Å². The molecule has 0 aromatic heterocycles. The van der Waals surface area contributed by atoms with Crippen molar-refractivity contribution < 1.29 is 22.7 Å². The molecule has 1 unspecified atom stereocenters. The number of aryl methyl sites for hydroxylation is 1. The Hall–Kier alpha value is -3.56. The Morgan fingerprint density at radius 1 is 0.975 bits per heavy atom. The average molecular weight is 586 g/mol. The number of anilines is 1. The maximum atomic E-state index is 14.0. The average Bonchev–Trinajstić information content (AvgIpc) is 2.93. The summed E-state index contributed by atoms with van der Waals surface area (Å²) >= 11 is 6.21. The number of nitrogens with one attached hydrogen (secondary N) is 1. The number of halogens is 1. The summed E-state index contributed by atoms with van der Waals surface area (Å²) in [6.45, 7) is 7.41. The number of amides is 2. The number of methoxy groups -OCH3 is 1. The minimum atomic E-state index is -4.16. The largest absolute Gasteiger partial charge is 0.497 e. The van der Waals surface area contributed by atoms with E-state index < -0.39 is 28.5 Å². The number of rotatable bonds is 12. The molecule has 214 valence electrons. The Morgan fingerprint density at radius 2 is 1.65 bits per heavy atom. The van der Waals surface area contributed by atoms with Crippen LogP contribution in [-0.4, -0.2) is 51.4 Å². The van der Waals surface area contributed by atoms with Crippen molar-refractivity contribution in [2.75, 3.05) is 24.5 Å². The third kappa shape index (κ3) is 7.99. The normalized spacial score (nSPS) is 12.1. The zero-order valence-electron chi connectivity index (χ0n) is 23.4. The second-order valence-corrected chi connectivity index (χ2v) is 12.3. The fourth-order valence-corrected chi connectivity index (χ4v) is 5.59. The van der Waals surface area contributed by atoms with Crippen LogP contribution in [0, 0.1) is 12.8 Å². The van der Waals surface area contributed by atoms with E-state index in [9.17, 15) is 18.0 Å². The van der Waals surface area contributed by atoms with Gasteiger partial charge in [-0.15, -0.1) is 0 Å². The van der Waals surface area contributed by atoms with Crippen LogP contribution in [0.2, 0.25) is 5.02 Å². The Morgan fingerprint density at radius 3 is 2.27 bits per heavy atom. The molecule has 1 N–H and O–H groups in total. The number of sulfonamides is 1. The summed E-state index contributed by atoms with van der Waals surface area (Å²) < 4.78 is 34.1. The van der Waals surface area contributed by atoms with Gasteiger partial charge in [-0.2, -0.15) is 0 Å². The first kappa shape index (κ1) is 31.0. The molecule has 3 rings (SSSR count). The first-order valence-corrected chi connectivity index (χ1v) is 14.8. The van der Waals surface area contributed by atoms with Crippen LogP contribution >= 0.6 is 11.6 Å². The molecule has 0 aliphatic heterocycles. The van der Waals surface area contributed by atoms with E-state index in [0.717, 1.165) is 15.4 Å². The molecule has 3 aromatic rings. The second kappa shape index (κ2) is 13.7. The lowest BCUT2D eigenvalue weighted by Gasteiger charge is -2.32. The van der Waals surface area contributed by atoms with Gasteiger partial charge >= 0.3 is 0 Å². The first-order chi connectivity index (χ1) is 18.9. The van der Waals surface area contributed by atoms with Gasteiger partial charge in [-0.1, -0.05) is 61.3 Å². The van der Waals surface area contributed by atoms with Gasteiger partial charge in [0.1, 0.15) is 18.3 Å². The van der Waals surface area contributed by atoms with Crippen molar-refractivity contribution in [1.82, 2.24) is 10.2 Å². The van der Waals surface area contributed by atoms with Crippen LogP contribution < -0.4 is 14.4 Å². The molecular formula is C30H36ClN3O5S. The van der Waals surface area contributed by atoms with Crippen molar-refractivity contribution in [2.45, 2.75) is 45.2 Å². The van der Waals surface area contributed by atoms with Crippen LogP contribution in [0.15, 0.2) is 77.7 Å². The molecule has 40 heavy (non-hydrogen) atoms. The highest BCUT2D eigenvalue weighted by Crippen LogP contribution is 2.27. The molecular weight excluding hydrogens is 550 g/mol. The Balaban J connectivity index is 2.02. The van der Waals surface area contributed by atoms with Crippen molar-refractivity contribution in [3.8, 4) is 5.75 Å². The third-order valence-electron chi connectivity index (χ3n) is 6.32. The topological polar surface area (TPSA) is 96.0 Å². The van der Waals surface area contributed by atoms with Gasteiger partial charge in [-0.3, -0.25) is 13.9 Å². The van der Waals surface area contributed by atoms with Gasteiger partial charge in [0.05, 0.1) is 17.7 Å². The minimum Gasteiger partial charge on any atom is -0.497 e. The summed E-state index contributed by atoms with van der Waals surface area (Å²) in [6.07, 6.45) is 0. The molecule has 0 heterocycles. The van der Waals surface area contributed by atoms with Crippen LogP contribution in [-0.2, 0) is 26.2 Å². The van der Waals surface area contributed by atoms with Gasteiger partial charge in [-0.25, -0.2) is 8.42 Å². The zero-order chi connectivity index (χ0) is 29.4. The van der Waals surface area contributed by atoms with Crippen LogP contribution in [0.3, 0.4) is 0 Å². The number of carbonyl (C=O) groups excluding carboxylic acids is 2. The SMILES string of the molecule is COc1cccc(CN(C(=O)CN(c2cccc(Cl)c2)S(=O)(=O)c2ccc(C)cc2)C(C)C(=O)NCC(C)C)c1. The summed E-state index contributed by atoms with van der Waals surface area (Å²) in [4.78, 5) is 28.5. The van der Waals surface area contributed by atoms with Crippen molar-refractivity contribution in [1.29, 1.82) is 0 Å². The lowest BCUT2D eigenvalue weighted by molar-refractivity contribution is -0.139. The standard InChI is InChI=1S/C30H36ClN3O5S/c1-21(2)18-32-30(36)23(4)33(19-24-8-6-11-27(16-24)39-5)29(35)20-34(26-10-7-9-25(31)17-26)40(37,38)28-14-12-22(3)13-15-28/h6-17,21,23H,18-20H2,1-5H3,(H,32,36). The maximum Gasteiger partial charge on any atom is 0.264 e. The summed E-state index contributed by atoms with van der Waals surface area (Å²) in [7, 11) is -2.62. The lowest BCUT2D eigenvalue weighted by Crippen LogP contribution is -2.51. The van der Waals surface area contributed by atoms with Crippen molar-refractivity contribution >= 4 is 39.1 Å². The van der Waals surface area contributed by atoms with E-state index in [2.05, 4.69) is 5.32 Å². The van der Waals surface area contributed by atoms with Crippen LogP contribution in [0.4, 0.5) is 5.69 Å². The fraction of sp³-hybridized carbons (Fsp3) is 0.333. The van der Waals surface area contributed by atoms with Crippen molar-refractivity contribution in [3.05, 3.63) is 88.9 Å². The molecule has 0 aliphatic carbocycles. The molecule has 0 aliphatic rings. The predicted molar refractivity (Wildman–Crippen MR) is 158 cm³/mol. The number of carbonyl (C=O) groups is 2. The summed E-state index contributed by atoms with van der Waals surface area (Å²) in [5.74, 6) is -0.0627. The molecule has 0 fully saturated rings. The summed E-state index contributed by atoms with van der Waals surface area (Å²) in [6, 6.07) is 19.0. The maximum absolute atomic E-state index is 14.0. The summed E-state index contributed by atoms with van der Waals surface area (Å²) in [5, 5.41) is 3.20.